The number of rotatable bonds is 2. The lowest BCUT2D eigenvalue weighted by Crippen LogP contribution is -2.25. The predicted octanol–water partition coefficient (Wildman–Crippen LogP) is 3.18. The monoisotopic (exact) mass is 321 g/mol. The molecule has 0 aliphatic rings. The fraction of sp³-hybridized carbons (Fsp3) is 0.250. The van der Waals surface area contributed by atoms with Gasteiger partial charge in [-0.25, -0.2) is 4.98 Å². The van der Waals surface area contributed by atoms with Crippen molar-refractivity contribution in [3.63, 3.8) is 0 Å². The minimum Gasteiger partial charge on any atom is -0.307 e. The topological polar surface area (TPSA) is 39.3 Å². The molecule has 3 heterocycles. The molecule has 3 aromatic rings. The van der Waals surface area contributed by atoms with Crippen molar-refractivity contribution >= 4 is 5.65 Å². The van der Waals surface area contributed by atoms with E-state index in [1.165, 1.54) is 11.5 Å². The van der Waals surface area contributed by atoms with Crippen LogP contribution in [0.15, 0.2) is 41.5 Å². The molecule has 0 spiro atoms. The molecule has 4 nitrogen and oxygen atoms in total. The first kappa shape index (κ1) is 15.3. The normalized spacial score (nSPS) is 12.0. The molecule has 0 saturated heterocycles. The molecule has 0 fully saturated rings. The number of nitrogens with zero attached hydrogens (tertiary/aromatic N) is 3. The van der Waals surface area contributed by atoms with E-state index < -0.39 is 17.3 Å². The number of pyridine rings is 2. The number of halogens is 3. The molecule has 3 rings (SSSR count). The summed E-state index contributed by atoms with van der Waals surface area (Å²) in [5.74, 6) is 0. The van der Waals surface area contributed by atoms with Gasteiger partial charge in [-0.05, 0) is 37.6 Å². The summed E-state index contributed by atoms with van der Waals surface area (Å²) in [6, 6.07) is 5.41. The highest BCUT2D eigenvalue weighted by atomic mass is 19.4. The fourth-order valence-electron chi connectivity index (χ4n) is 2.47. The van der Waals surface area contributed by atoms with Crippen molar-refractivity contribution in [3.05, 3.63) is 69.5 Å². The van der Waals surface area contributed by atoms with Crippen LogP contribution < -0.4 is 5.56 Å². The second-order valence-electron chi connectivity index (χ2n) is 5.51. The molecule has 0 bridgehead atoms. The first-order valence-electron chi connectivity index (χ1n) is 6.97. The van der Waals surface area contributed by atoms with E-state index in [1.807, 2.05) is 29.7 Å². The molecule has 23 heavy (non-hydrogen) atoms. The SMILES string of the molecule is Cc1ccn2cc(Cn3c(C)cc(C(F)(F)F)cc3=O)nc2c1. The zero-order valence-corrected chi connectivity index (χ0v) is 12.6. The molecule has 0 atom stereocenters. The van der Waals surface area contributed by atoms with E-state index in [1.54, 1.807) is 6.20 Å². The molecule has 0 aliphatic carbocycles. The van der Waals surface area contributed by atoms with Crippen molar-refractivity contribution in [3.8, 4) is 0 Å². The number of fused-ring (bicyclic) bond motifs is 1. The van der Waals surface area contributed by atoms with Gasteiger partial charge in [0.1, 0.15) is 5.65 Å². The maximum atomic E-state index is 12.7. The van der Waals surface area contributed by atoms with E-state index in [4.69, 9.17) is 0 Å². The minimum atomic E-state index is -4.52. The summed E-state index contributed by atoms with van der Waals surface area (Å²) in [5.41, 5.74) is 1.03. The van der Waals surface area contributed by atoms with Crippen LogP contribution in [0.5, 0.6) is 0 Å². The van der Waals surface area contributed by atoms with Gasteiger partial charge in [-0.1, -0.05) is 0 Å². The standard InChI is InChI=1S/C16H14F3N3O/c1-10-3-4-21-8-13(20-14(21)5-10)9-22-11(2)6-12(7-15(22)23)16(17,18)19/h3-8H,9H2,1-2H3. The maximum absolute atomic E-state index is 12.7. The van der Waals surface area contributed by atoms with Crippen LogP contribution in [-0.4, -0.2) is 14.0 Å². The van der Waals surface area contributed by atoms with E-state index in [0.717, 1.165) is 17.3 Å². The van der Waals surface area contributed by atoms with Crippen molar-refractivity contribution in [2.45, 2.75) is 26.6 Å². The Kier molecular flexibility index (Phi) is 3.50. The van der Waals surface area contributed by atoms with Crippen molar-refractivity contribution in [2.75, 3.05) is 0 Å². The van der Waals surface area contributed by atoms with Crippen LogP contribution in [0.25, 0.3) is 5.65 Å². The summed E-state index contributed by atoms with van der Waals surface area (Å²) in [5, 5.41) is 0. The number of alkyl halides is 3. The van der Waals surface area contributed by atoms with Gasteiger partial charge in [0.2, 0.25) is 0 Å². The Balaban J connectivity index is 2.00. The second-order valence-corrected chi connectivity index (χ2v) is 5.51. The molecule has 0 radical (unpaired) electrons. The molecule has 0 saturated carbocycles. The van der Waals surface area contributed by atoms with Gasteiger partial charge in [-0.2, -0.15) is 13.2 Å². The van der Waals surface area contributed by atoms with Crippen LogP contribution in [0, 0.1) is 13.8 Å². The smallest absolute Gasteiger partial charge is 0.307 e. The molecular weight excluding hydrogens is 307 g/mol. The Morgan fingerprint density at radius 2 is 1.91 bits per heavy atom. The highest BCUT2D eigenvalue weighted by molar-refractivity contribution is 5.42. The molecule has 7 heteroatoms. The van der Waals surface area contributed by atoms with E-state index >= 15 is 0 Å². The third kappa shape index (κ3) is 2.99. The Hall–Kier alpha value is -2.57. The van der Waals surface area contributed by atoms with Gasteiger partial charge in [0.05, 0.1) is 17.8 Å². The molecule has 0 aromatic carbocycles. The Morgan fingerprint density at radius 3 is 2.57 bits per heavy atom. The van der Waals surface area contributed by atoms with Gasteiger partial charge in [0.15, 0.2) is 0 Å². The molecular formula is C16H14F3N3O. The number of hydrogen-bond acceptors (Lipinski definition) is 2. The molecule has 120 valence electrons. The minimum absolute atomic E-state index is 0.129. The molecule has 0 N–H and O–H groups in total. The molecule has 3 aromatic heterocycles. The highest BCUT2D eigenvalue weighted by Crippen LogP contribution is 2.28. The summed E-state index contributed by atoms with van der Waals surface area (Å²) < 4.78 is 41.3. The van der Waals surface area contributed by atoms with Gasteiger partial charge in [0.25, 0.3) is 5.56 Å². The third-order valence-corrected chi connectivity index (χ3v) is 3.65. The van der Waals surface area contributed by atoms with Crippen molar-refractivity contribution < 1.29 is 13.2 Å². The number of aromatic nitrogens is 3. The van der Waals surface area contributed by atoms with E-state index in [0.29, 0.717) is 11.8 Å². The third-order valence-electron chi connectivity index (χ3n) is 3.65. The predicted molar refractivity (Wildman–Crippen MR) is 79.5 cm³/mol. The van der Waals surface area contributed by atoms with Crippen molar-refractivity contribution in [1.82, 2.24) is 14.0 Å². The Morgan fingerprint density at radius 1 is 1.17 bits per heavy atom. The Labute approximate surface area is 129 Å². The molecule has 0 amide bonds. The Bertz CT molecular complexity index is 938. The zero-order chi connectivity index (χ0) is 16.8. The summed E-state index contributed by atoms with van der Waals surface area (Å²) in [4.78, 5) is 16.4. The van der Waals surface area contributed by atoms with Crippen molar-refractivity contribution in [2.24, 2.45) is 0 Å². The first-order valence-corrected chi connectivity index (χ1v) is 6.97. The first-order chi connectivity index (χ1) is 10.7. The van der Waals surface area contributed by atoms with Gasteiger partial charge < -0.3 is 8.97 Å². The number of aryl methyl sites for hydroxylation is 2. The van der Waals surface area contributed by atoms with E-state index in [2.05, 4.69) is 4.98 Å². The van der Waals surface area contributed by atoms with Gasteiger partial charge in [-0.3, -0.25) is 4.79 Å². The average Bonchev–Trinajstić information content (AvgIpc) is 2.83. The van der Waals surface area contributed by atoms with Gasteiger partial charge in [0, 0.05) is 24.2 Å². The van der Waals surface area contributed by atoms with Crippen LogP contribution in [0.4, 0.5) is 13.2 Å². The quantitative estimate of drug-likeness (QED) is 0.727. The highest BCUT2D eigenvalue weighted by Gasteiger charge is 2.31. The lowest BCUT2D eigenvalue weighted by Gasteiger charge is -2.12. The summed E-state index contributed by atoms with van der Waals surface area (Å²) in [7, 11) is 0. The molecule has 0 unspecified atom stereocenters. The van der Waals surface area contributed by atoms with Crippen LogP contribution in [0.3, 0.4) is 0 Å². The number of imidazole rings is 1. The summed E-state index contributed by atoms with van der Waals surface area (Å²) >= 11 is 0. The lowest BCUT2D eigenvalue weighted by atomic mass is 10.2. The fourth-order valence-corrected chi connectivity index (χ4v) is 2.47. The van der Waals surface area contributed by atoms with Crippen LogP contribution in [0.2, 0.25) is 0 Å². The van der Waals surface area contributed by atoms with Gasteiger partial charge >= 0.3 is 6.18 Å². The van der Waals surface area contributed by atoms with Crippen LogP contribution in [-0.2, 0) is 12.7 Å². The van der Waals surface area contributed by atoms with Crippen molar-refractivity contribution in [1.29, 1.82) is 0 Å². The van der Waals surface area contributed by atoms with E-state index in [-0.39, 0.29) is 12.2 Å². The van der Waals surface area contributed by atoms with Crippen LogP contribution in [0.1, 0.15) is 22.5 Å². The molecule has 0 aliphatic heterocycles. The largest absolute Gasteiger partial charge is 0.416 e. The summed E-state index contributed by atoms with van der Waals surface area (Å²) in [6.45, 7) is 3.55. The van der Waals surface area contributed by atoms with Crippen LogP contribution >= 0.6 is 0 Å². The maximum Gasteiger partial charge on any atom is 0.416 e. The summed E-state index contributed by atoms with van der Waals surface area (Å²) in [6.07, 6.45) is -0.911. The average molecular weight is 321 g/mol. The van der Waals surface area contributed by atoms with E-state index in [9.17, 15) is 18.0 Å². The second kappa shape index (κ2) is 5.26. The lowest BCUT2D eigenvalue weighted by molar-refractivity contribution is -0.137. The number of hydrogen-bond donors (Lipinski definition) is 0. The van der Waals surface area contributed by atoms with Gasteiger partial charge in [-0.15, -0.1) is 0 Å². The zero-order valence-electron chi connectivity index (χ0n) is 12.6.